The maximum Gasteiger partial charge on any atom is -0.0194 e. The molecule has 0 amide bonds. The number of allylic oxidation sites excluding steroid dienone is 2. The predicted molar refractivity (Wildman–Crippen MR) is 92.4 cm³/mol. The fraction of sp³-hybridized carbons (Fsp3) is 0.913. The summed E-state index contributed by atoms with van der Waals surface area (Å²) in [6.07, 6.45) is 13.3. The molecule has 14 atom stereocenters. The zero-order valence-electron chi connectivity index (χ0n) is 14.8. The van der Waals surface area contributed by atoms with Gasteiger partial charge in [-0.3, -0.25) is 0 Å². The quantitative estimate of drug-likeness (QED) is 0.536. The Morgan fingerprint density at radius 1 is 0.522 bits per heavy atom. The Morgan fingerprint density at radius 3 is 2.00 bits per heavy atom. The molecule has 0 N–H and O–H groups in total. The molecule has 7 aliphatic carbocycles. The summed E-state index contributed by atoms with van der Waals surface area (Å²) in [6.45, 7) is 5.34. The third-order valence-corrected chi connectivity index (χ3v) is 11.2. The van der Waals surface area contributed by atoms with Crippen molar-refractivity contribution in [2.24, 2.45) is 82.9 Å². The molecule has 0 aromatic heterocycles. The largest absolute Gasteiger partial charge is 0.0848 e. The summed E-state index contributed by atoms with van der Waals surface area (Å²) in [5.74, 6) is 15.5. The van der Waals surface area contributed by atoms with Crippen molar-refractivity contribution in [3.8, 4) is 0 Å². The van der Waals surface area contributed by atoms with E-state index >= 15 is 0 Å². The molecule has 0 aliphatic heterocycles. The monoisotopic (exact) mass is 308 g/mol. The predicted octanol–water partition coefficient (Wildman–Crippen LogP) is 5.25. The van der Waals surface area contributed by atoms with E-state index in [1.807, 2.05) is 0 Å². The SMILES string of the molecule is CC1C2CCC1C1C3CC(C(C)C21)C1C3CC2C3C=CC(C3)C21. The highest BCUT2D eigenvalue weighted by Gasteiger charge is 2.69. The molecule has 14 unspecified atom stereocenters. The van der Waals surface area contributed by atoms with E-state index < -0.39 is 0 Å². The lowest BCUT2D eigenvalue weighted by Crippen LogP contribution is -2.40. The molecule has 0 heterocycles. The van der Waals surface area contributed by atoms with Crippen LogP contribution in [0.5, 0.6) is 0 Å². The lowest BCUT2D eigenvalue weighted by molar-refractivity contribution is 0.0230. The molecular formula is C23H32. The fourth-order valence-electron chi connectivity index (χ4n) is 10.9. The van der Waals surface area contributed by atoms with E-state index in [2.05, 4.69) is 26.0 Å². The normalized spacial score (nSPS) is 72.6. The standard InChI is InChI=1S/C23H32/c1-10-14-5-6-15(10)22-18-8-16(11(2)20(14)22)23-19(18)9-17-12-3-4-13(7-12)21(17)23/h3-4,10-23H,5-9H2,1-2H3. The van der Waals surface area contributed by atoms with Crippen molar-refractivity contribution in [1.82, 2.24) is 0 Å². The van der Waals surface area contributed by atoms with Crippen molar-refractivity contribution in [3.05, 3.63) is 12.2 Å². The van der Waals surface area contributed by atoms with E-state index in [4.69, 9.17) is 0 Å². The maximum atomic E-state index is 2.71. The van der Waals surface area contributed by atoms with E-state index in [1.165, 1.54) is 0 Å². The topological polar surface area (TPSA) is 0 Å². The first-order chi connectivity index (χ1) is 11.2. The number of fused-ring (bicyclic) bond motifs is 17. The first kappa shape index (κ1) is 13.0. The van der Waals surface area contributed by atoms with Crippen LogP contribution in [0.1, 0.15) is 46.0 Å². The summed E-state index contributed by atoms with van der Waals surface area (Å²) in [5.41, 5.74) is 0. The Hall–Kier alpha value is -0.260. The van der Waals surface area contributed by atoms with Crippen LogP contribution < -0.4 is 0 Å². The molecule has 7 rings (SSSR count). The van der Waals surface area contributed by atoms with Gasteiger partial charge in [-0.15, -0.1) is 0 Å². The molecule has 23 heavy (non-hydrogen) atoms. The van der Waals surface area contributed by atoms with Gasteiger partial charge >= 0.3 is 0 Å². The van der Waals surface area contributed by atoms with Crippen molar-refractivity contribution < 1.29 is 0 Å². The van der Waals surface area contributed by atoms with E-state index in [0.29, 0.717) is 0 Å². The van der Waals surface area contributed by atoms with Crippen LogP contribution >= 0.6 is 0 Å². The Morgan fingerprint density at radius 2 is 1.17 bits per heavy atom. The molecule has 0 radical (unpaired) electrons. The average molecular weight is 309 g/mol. The average Bonchev–Trinajstić information content (AvgIpc) is 3.32. The molecule has 0 aromatic carbocycles. The van der Waals surface area contributed by atoms with E-state index in [-0.39, 0.29) is 0 Å². The van der Waals surface area contributed by atoms with Crippen LogP contribution in [0.15, 0.2) is 12.2 Å². The number of rotatable bonds is 0. The molecule has 0 heteroatoms. The molecule has 7 aliphatic rings. The van der Waals surface area contributed by atoms with Crippen molar-refractivity contribution in [1.29, 1.82) is 0 Å². The van der Waals surface area contributed by atoms with Crippen molar-refractivity contribution in [3.63, 3.8) is 0 Å². The summed E-state index contributed by atoms with van der Waals surface area (Å²) >= 11 is 0. The lowest BCUT2D eigenvalue weighted by atomic mass is 9.59. The Labute approximate surface area is 141 Å². The Bertz CT molecular complexity index is 589. The zero-order valence-corrected chi connectivity index (χ0v) is 14.8. The molecule has 0 spiro atoms. The van der Waals surface area contributed by atoms with Gasteiger partial charge in [0.15, 0.2) is 0 Å². The van der Waals surface area contributed by atoms with Gasteiger partial charge in [0.25, 0.3) is 0 Å². The highest BCUT2D eigenvalue weighted by Crippen LogP contribution is 2.75. The highest BCUT2D eigenvalue weighted by molar-refractivity contribution is 5.23. The van der Waals surface area contributed by atoms with Crippen molar-refractivity contribution in [2.75, 3.05) is 0 Å². The molecule has 0 nitrogen and oxygen atoms in total. The van der Waals surface area contributed by atoms with Gasteiger partial charge in [-0.1, -0.05) is 26.0 Å². The molecular weight excluding hydrogens is 276 g/mol. The summed E-state index contributed by atoms with van der Waals surface area (Å²) < 4.78 is 0. The highest BCUT2D eigenvalue weighted by atomic mass is 14.7. The Kier molecular flexibility index (Phi) is 2.23. The van der Waals surface area contributed by atoms with Crippen LogP contribution in [-0.2, 0) is 0 Å². The van der Waals surface area contributed by atoms with Crippen LogP contribution in [0.3, 0.4) is 0 Å². The second-order valence-corrected chi connectivity index (χ2v) is 11.0. The molecule has 6 fully saturated rings. The van der Waals surface area contributed by atoms with E-state index in [9.17, 15) is 0 Å². The van der Waals surface area contributed by atoms with Crippen molar-refractivity contribution >= 4 is 0 Å². The molecule has 6 saturated carbocycles. The maximum absolute atomic E-state index is 2.71. The van der Waals surface area contributed by atoms with Crippen LogP contribution in [-0.4, -0.2) is 0 Å². The minimum Gasteiger partial charge on any atom is -0.0848 e. The van der Waals surface area contributed by atoms with Crippen LogP contribution in [0.4, 0.5) is 0 Å². The minimum atomic E-state index is 1.00. The van der Waals surface area contributed by atoms with E-state index in [1.54, 1.807) is 32.1 Å². The zero-order chi connectivity index (χ0) is 15.0. The Balaban J connectivity index is 1.32. The van der Waals surface area contributed by atoms with Gasteiger partial charge in [-0.05, 0) is 115 Å². The first-order valence-electron chi connectivity index (χ1n) is 10.9. The molecule has 0 saturated heterocycles. The molecule has 6 bridgehead atoms. The smallest absolute Gasteiger partial charge is 0.0194 e. The van der Waals surface area contributed by atoms with Gasteiger partial charge in [0.05, 0.1) is 0 Å². The lowest BCUT2D eigenvalue weighted by Gasteiger charge is -2.46. The van der Waals surface area contributed by atoms with Gasteiger partial charge in [0, 0.05) is 0 Å². The minimum absolute atomic E-state index is 1.00. The van der Waals surface area contributed by atoms with Crippen LogP contribution in [0.2, 0.25) is 0 Å². The summed E-state index contributed by atoms with van der Waals surface area (Å²) in [5, 5.41) is 0. The van der Waals surface area contributed by atoms with Gasteiger partial charge in [-0.25, -0.2) is 0 Å². The van der Waals surface area contributed by atoms with Gasteiger partial charge in [0.1, 0.15) is 0 Å². The van der Waals surface area contributed by atoms with Crippen LogP contribution in [0, 0.1) is 82.9 Å². The second kappa shape index (κ2) is 3.94. The van der Waals surface area contributed by atoms with Gasteiger partial charge < -0.3 is 0 Å². The fourth-order valence-corrected chi connectivity index (χ4v) is 10.9. The molecule has 124 valence electrons. The summed E-state index contributed by atoms with van der Waals surface area (Å²) in [4.78, 5) is 0. The molecule has 0 aromatic rings. The summed E-state index contributed by atoms with van der Waals surface area (Å²) in [7, 11) is 0. The van der Waals surface area contributed by atoms with Crippen LogP contribution in [0.25, 0.3) is 0 Å². The second-order valence-electron chi connectivity index (χ2n) is 11.0. The number of hydrogen-bond acceptors (Lipinski definition) is 0. The van der Waals surface area contributed by atoms with Gasteiger partial charge in [-0.2, -0.15) is 0 Å². The number of hydrogen-bond donors (Lipinski definition) is 0. The van der Waals surface area contributed by atoms with Gasteiger partial charge in [0.2, 0.25) is 0 Å². The third-order valence-electron chi connectivity index (χ3n) is 11.2. The summed E-state index contributed by atoms with van der Waals surface area (Å²) in [6, 6.07) is 0. The van der Waals surface area contributed by atoms with Crippen molar-refractivity contribution in [2.45, 2.75) is 46.0 Å². The first-order valence-corrected chi connectivity index (χ1v) is 10.9. The third kappa shape index (κ3) is 1.27. The van der Waals surface area contributed by atoms with E-state index in [0.717, 1.165) is 82.9 Å².